The number of allylic oxidation sites excluding steroid dienone is 1. The number of hydrogen-bond donors (Lipinski definition) is 1. The summed E-state index contributed by atoms with van der Waals surface area (Å²) in [5.41, 5.74) is 6.75. The third-order valence-electron chi connectivity index (χ3n) is 7.08. The van der Waals surface area contributed by atoms with E-state index < -0.39 is 0 Å². The molecule has 0 heterocycles. The number of benzene rings is 3. The molecule has 1 fully saturated rings. The van der Waals surface area contributed by atoms with Gasteiger partial charge in [-0.05, 0) is 97.2 Å². The Morgan fingerprint density at radius 1 is 0.921 bits per heavy atom. The summed E-state index contributed by atoms with van der Waals surface area (Å²) in [6.07, 6.45) is 5.11. The molecule has 5 nitrogen and oxygen atoms in total. The van der Waals surface area contributed by atoms with Gasteiger partial charge in [-0.2, -0.15) is 0 Å². The van der Waals surface area contributed by atoms with Crippen LogP contribution in [0.3, 0.4) is 0 Å². The van der Waals surface area contributed by atoms with Gasteiger partial charge < -0.3 is 19.5 Å². The van der Waals surface area contributed by atoms with Gasteiger partial charge in [-0.1, -0.05) is 48.6 Å². The Hall–Kier alpha value is -3.57. The van der Waals surface area contributed by atoms with E-state index in [1.165, 1.54) is 5.56 Å². The molecule has 0 saturated heterocycles. The van der Waals surface area contributed by atoms with E-state index in [0.717, 1.165) is 71.4 Å². The maximum Gasteiger partial charge on any atom is 0.216 e. The van der Waals surface area contributed by atoms with Gasteiger partial charge in [0.1, 0.15) is 11.5 Å². The molecule has 200 valence electrons. The van der Waals surface area contributed by atoms with Crippen LogP contribution >= 0.6 is 0 Å². The van der Waals surface area contributed by atoms with Crippen LogP contribution in [-0.4, -0.2) is 31.8 Å². The second-order valence-corrected chi connectivity index (χ2v) is 10.1. The smallest absolute Gasteiger partial charge is 0.216 e. The first kappa shape index (κ1) is 27.5. The second kappa shape index (κ2) is 13.3. The Balaban J connectivity index is 1.39. The molecule has 1 saturated carbocycles. The lowest BCUT2D eigenvalue weighted by Crippen LogP contribution is -2.28. The molecule has 5 heteroatoms. The van der Waals surface area contributed by atoms with Gasteiger partial charge in [0, 0.05) is 13.5 Å². The summed E-state index contributed by atoms with van der Waals surface area (Å²) in [7, 11) is 1.68. The topological polar surface area (TPSA) is 56.8 Å². The molecule has 4 rings (SSSR count). The van der Waals surface area contributed by atoms with E-state index >= 15 is 0 Å². The molecule has 1 amide bonds. The van der Waals surface area contributed by atoms with Crippen molar-refractivity contribution >= 4 is 11.5 Å². The van der Waals surface area contributed by atoms with Crippen LogP contribution in [0.25, 0.3) is 16.7 Å². The number of amides is 1. The summed E-state index contributed by atoms with van der Waals surface area (Å²) in [5.74, 6) is 1.73. The zero-order valence-corrected chi connectivity index (χ0v) is 22.8. The van der Waals surface area contributed by atoms with Crippen molar-refractivity contribution in [3.63, 3.8) is 0 Å². The van der Waals surface area contributed by atoms with Crippen LogP contribution in [0.4, 0.5) is 0 Å². The SMILES string of the molecule is C=C(C)c1cccc(-c2cc(OC3CCC(OCc4ccc(OC)cc4)CC3)ccc2CCNC(C)=O)c1. The largest absolute Gasteiger partial charge is 0.497 e. The maximum absolute atomic E-state index is 11.4. The zero-order valence-electron chi connectivity index (χ0n) is 22.8. The number of carbonyl (C=O) groups excluding carboxylic acids is 1. The molecule has 0 radical (unpaired) electrons. The highest BCUT2D eigenvalue weighted by molar-refractivity contribution is 5.75. The summed E-state index contributed by atoms with van der Waals surface area (Å²) in [4.78, 5) is 11.4. The van der Waals surface area contributed by atoms with Crippen molar-refractivity contribution in [1.29, 1.82) is 0 Å². The van der Waals surface area contributed by atoms with Crippen molar-refractivity contribution in [2.45, 2.75) is 64.8 Å². The number of nitrogens with one attached hydrogen (secondary N) is 1. The third-order valence-corrected chi connectivity index (χ3v) is 7.08. The second-order valence-electron chi connectivity index (χ2n) is 10.1. The highest BCUT2D eigenvalue weighted by Crippen LogP contribution is 2.33. The van der Waals surface area contributed by atoms with Crippen molar-refractivity contribution in [1.82, 2.24) is 5.32 Å². The number of carbonyl (C=O) groups is 1. The predicted molar refractivity (Wildman–Crippen MR) is 153 cm³/mol. The Bertz CT molecular complexity index is 1230. The number of ether oxygens (including phenoxy) is 3. The molecular weight excluding hydrogens is 474 g/mol. The van der Waals surface area contributed by atoms with E-state index in [1.54, 1.807) is 14.0 Å². The summed E-state index contributed by atoms with van der Waals surface area (Å²) < 4.78 is 17.9. The summed E-state index contributed by atoms with van der Waals surface area (Å²) in [6.45, 7) is 8.89. The molecule has 3 aromatic carbocycles. The van der Waals surface area contributed by atoms with Crippen molar-refractivity contribution in [2.24, 2.45) is 0 Å². The van der Waals surface area contributed by atoms with E-state index in [2.05, 4.69) is 66.5 Å². The monoisotopic (exact) mass is 513 g/mol. The minimum atomic E-state index is -0.0145. The molecule has 38 heavy (non-hydrogen) atoms. The lowest BCUT2D eigenvalue weighted by Gasteiger charge is -2.29. The van der Waals surface area contributed by atoms with Gasteiger partial charge in [0.15, 0.2) is 0 Å². The molecule has 0 spiro atoms. The standard InChI is InChI=1S/C33H39NO4/c1-23(2)27-6-5-7-28(20-27)33-21-32(13-10-26(33)18-19-34-24(3)35)38-31-16-14-30(15-17-31)37-22-25-8-11-29(36-4)12-9-25/h5-13,20-21,30-31H,1,14-19,22H2,2-4H3,(H,34,35). The van der Waals surface area contributed by atoms with E-state index in [-0.39, 0.29) is 18.1 Å². The zero-order chi connectivity index (χ0) is 26.9. The molecule has 0 atom stereocenters. The van der Waals surface area contributed by atoms with E-state index in [4.69, 9.17) is 14.2 Å². The van der Waals surface area contributed by atoms with Crippen molar-refractivity contribution in [2.75, 3.05) is 13.7 Å². The summed E-state index contributed by atoms with van der Waals surface area (Å²) in [5, 5.41) is 2.91. The molecule has 1 aliphatic carbocycles. The number of hydrogen-bond acceptors (Lipinski definition) is 4. The summed E-state index contributed by atoms with van der Waals surface area (Å²) >= 11 is 0. The fourth-order valence-electron chi connectivity index (χ4n) is 4.89. The van der Waals surface area contributed by atoms with Gasteiger partial charge >= 0.3 is 0 Å². The molecule has 1 N–H and O–H groups in total. The van der Waals surface area contributed by atoms with Crippen LogP contribution in [0.2, 0.25) is 0 Å². The first-order chi connectivity index (χ1) is 18.4. The van der Waals surface area contributed by atoms with Gasteiger partial charge in [0.05, 0.1) is 25.9 Å². The minimum Gasteiger partial charge on any atom is -0.497 e. The summed E-state index contributed by atoms with van der Waals surface area (Å²) in [6, 6.07) is 22.8. The van der Waals surface area contributed by atoms with E-state index in [9.17, 15) is 4.79 Å². The Labute approximate surface area is 226 Å². The van der Waals surface area contributed by atoms with Gasteiger partial charge in [0.25, 0.3) is 0 Å². The molecule has 1 aliphatic rings. The van der Waals surface area contributed by atoms with Crippen LogP contribution in [-0.2, 0) is 22.6 Å². The molecule has 0 unspecified atom stereocenters. The molecule has 0 bridgehead atoms. The highest BCUT2D eigenvalue weighted by atomic mass is 16.5. The lowest BCUT2D eigenvalue weighted by atomic mass is 9.93. The van der Waals surface area contributed by atoms with Crippen molar-refractivity contribution in [3.8, 4) is 22.6 Å². The average Bonchev–Trinajstić information content (AvgIpc) is 2.93. The predicted octanol–water partition coefficient (Wildman–Crippen LogP) is 6.98. The minimum absolute atomic E-state index is 0.0145. The Kier molecular flexibility index (Phi) is 9.61. The first-order valence-electron chi connectivity index (χ1n) is 13.5. The molecule has 0 aliphatic heterocycles. The molecular formula is C33H39NO4. The number of methoxy groups -OCH3 is 1. The van der Waals surface area contributed by atoms with Gasteiger partial charge in [0.2, 0.25) is 5.91 Å². The normalized spacial score (nSPS) is 17.0. The van der Waals surface area contributed by atoms with Crippen LogP contribution in [0.5, 0.6) is 11.5 Å². The molecule has 3 aromatic rings. The average molecular weight is 514 g/mol. The van der Waals surface area contributed by atoms with Crippen LogP contribution in [0.15, 0.2) is 73.3 Å². The highest BCUT2D eigenvalue weighted by Gasteiger charge is 2.23. The maximum atomic E-state index is 11.4. The lowest BCUT2D eigenvalue weighted by molar-refractivity contribution is -0.118. The Morgan fingerprint density at radius 3 is 2.32 bits per heavy atom. The van der Waals surface area contributed by atoms with Gasteiger partial charge in [-0.3, -0.25) is 4.79 Å². The van der Waals surface area contributed by atoms with Crippen LogP contribution in [0.1, 0.15) is 56.2 Å². The van der Waals surface area contributed by atoms with Crippen molar-refractivity contribution < 1.29 is 19.0 Å². The molecule has 0 aromatic heterocycles. The quantitative estimate of drug-likeness (QED) is 0.300. The van der Waals surface area contributed by atoms with Gasteiger partial charge in [-0.15, -0.1) is 0 Å². The number of rotatable bonds is 11. The fourth-order valence-corrected chi connectivity index (χ4v) is 4.89. The van der Waals surface area contributed by atoms with E-state index in [0.29, 0.717) is 13.2 Å². The first-order valence-corrected chi connectivity index (χ1v) is 13.5. The van der Waals surface area contributed by atoms with Crippen LogP contribution in [0, 0.1) is 0 Å². The van der Waals surface area contributed by atoms with Gasteiger partial charge in [-0.25, -0.2) is 0 Å². The van der Waals surface area contributed by atoms with Crippen LogP contribution < -0.4 is 14.8 Å². The Morgan fingerprint density at radius 2 is 1.63 bits per heavy atom. The van der Waals surface area contributed by atoms with E-state index in [1.807, 2.05) is 19.1 Å². The fraction of sp³-hybridized carbons (Fsp3) is 0.364. The third kappa shape index (κ3) is 7.72. The van der Waals surface area contributed by atoms with Crippen molar-refractivity contribution in [3.05, 3.63) is 90.0 Å².